The highest BCUT2D eigenvalue weighted by Crippen LogP contribution is 2.18. The van der Waals surface area contributed by atoms with Crippen LogP contribution in [0, 0.1) is 11.8 Å². The van der Waals surface area contributed by atoms with Gasteiger partial charge in [0.05, 0.1) is 18.1 Å². The number of aliphatic hydroxyl groups is 1. The normalized spacial score (nSPS) is 30.9. The van der Waals surface area contributed by atoms with Gasteiger partial charge in [-0.3, -0.25) is 24.2 Å². The van der Waals surface area contributed by atoms with Gasteiger partial charge in [0.2, 0.25) is 17.7 Å². The molecule has 1 aromatic carbocycles. The van der Waals surface area contributed by atoms with E-state index >= 15 is 0 Å². The first-order valence-electron chi connectivity index (χ1n) is 13.9. The summed E-state index contributed by atoms with van der Waals surface area (Å²) in [4.78, 5) is 52.2. The number of nitrogens with zero attached hydrogens (tertiary/aromatic N) is 1. The van der Waals surface area contributed by atoms with Gasteiger partial charge in [0, 0.05) is 6.54 Å². The lowest BCUT2D eigenvalue weighted by Gasteiger charge is -2.35. The lowest BCUT2D eigenvalue weighted by Crippen LogP contribution is -2.62. The van der Waals surface area contributed by atoms with E-state index in [2.05, 4.69) is 21.4 Å². The lowest BCUT2D eigenvalue weighted by molar-refractivity contribution is -0.143. The van der Waals surface area contributed by atoms with Crippen molar-refractivity contribution in [3.05, 3.63) is 41.5 Å². The van der Waals surface area contributed by atoms with Crippen LogP contribution in [0.15, 0.2) is 30.3 Å². The van der Waals surface area contributed by atoms with Gasteiger partial charge >= 0.3 is 0 Å². The average Bonchev–Trinajstić information content (AvgIpc) is 2.92. The van der Waals surface area contributed by atoms with E-state index in [1.807, 2.05) is 43.3 Å². The minimum Gasteiger partial charge on any atom is -0.392 e. The summed E-state index contributed by atoms with van der Waals surface area (Å²) < 4.78 is 0. The Morgan fingerprint density at radius 1 is 0.923 bits per heavy atom. The van der Waals surface area contributed by atoms with Crippen LogP contribution in [0.5, 0.6) is 0 Å². The molecule has 4 amide bonds. The Morgan fingerprint density at radius 3 is 2.36 bits per heavy atom. The first-order valence-corrected chi connectivity index (χ1v) is 13.9. The smallest absolute Gasteiger partial charge is 0.258 e. The maximum atomic E-state index is 13.2. The maximum absolute atomic E-state index is 13.2. The zero-order valence-corrected chi connectivity index (χ0v) is 23.6. The van der Waals surface area contributed by atoms with E-state index in [0.717, 1.165) is 11.1 Å². The molecule has 1 aromatic rings. The van der Waals surface area contributed by atoms with Crippen LogP contribution in [0.4, 0.5) is 0 Å². The van der Waals surface area contributed by atoms with Gasteiger partial charge in [-0.2, -0.15) is 0 Å². The van der Waals surface area contributed by atoms with Crippen molar-refractivity contribution in [2.45, 2.75) is 90.6 Å². The molecular formula is C29H43N5O5. The molecule has 1 fully saturated rings. The van der Waals surface area contributed by atoms with Crippen LogP contribution < -0.4 is 21.4 Å². The quantitative estimate of drug-likeness (QED) is 0.367. The van der Waals surface area contributed by atoms with Crippen LogP contribution >= 0.6 is 0 Å². The number of hydrogen-bond donors (Lipinski definition) is 5. The zero-order chi connectivity index (χ0) is 28.7. The highest BCUT2D eigenvalue weighted by atomic mass is 16.3. The summed E-state index contributed by atoms with van der Waals surface area (Å²) in [6.07, 6.45) is 5.18. The van der Waals surface area contributed by atoms with Crippen molar-refractivity contribution >= 4 is 29.7 Å². The number of fused-ring (bicyclic) bond motifs is 4. The minimum absolute atomic E-state index is 0.203. The summed E-state index contributed by atoms with van der Waals surface area (Å²) in [5.41, 5.74) is 4.93. The molecule has 2 aliphatic heterocycles. The van der Waals surface area contributed by atoms with E-state index in [1.54, 1.807) is 27.7 Å². The van der Waals surface area contributed by atoms with Crippen LogP contribution in [-0.4, -0.2) is 64.5 Å². The monoisotopic (exact) mass is 541 g/mol. The molecule has 2 unspecified atom stereocenters. The van der Waals surface area contributed by atoms with E-state index in [0.29, 0.717) is 32.2 Å². The summed E-state index contributed by atoms with van der Waals surface area (Å²) >= 11 is 0. The fourth-order valence-corrected chi connectivity index (χ4v) is 4.79. The Balaban J connectivity index is 1.85. The molecule has 6 atom stereocenters. The number of allylic oxidation sites excluding steroid dienone is 1. The molecule has 2 heterocycles. The van der Waals surface area contributed by atoms with Crippen LogP contribution in [0.1, 0.15) is 77.5 Å². The van der Waals surface area contributed by atoms with Crippen molar-refractivity contribution in [2.24, 2.45) is 11.8 Å². The molecule has 4 bridgehead atoms. The number of rotatable bonds is 1. The van der Waals surface area contributed by atoms with Crippen LogP contribution in [0.25, 0.3) is 6.08 Å². The van der Waals surface area contributed by atoms with Crippen molar-refractivity contribution in [1.82, 2.24) is 26.4 Å². The predicted octanol–water partition coefficient (Wildman–Crippen LogP) is 1.81. The number of hydrazine groups is 1. The van der Waals surface area contributed by atoms with Gasteiger partial charge in [0.1, 0.15) is 18.1 Å². The third-order valence-electron chi connectivity index (χ3n) is 7.44. The molecule has 0 spiro atoms. The lowest BCUT2D eigenvalue weighted by atomic mass is 9.96. The van der Waals surface area contributed by atoms with Gasteiger partial charge in [-0.05, 0) is 62.6 Å². The minimum atomic E-state index is -0.886. The highest BCUT2D eigenvalue weighted by molar-refractivity contribution is 5.92. The molecule has 0 aliphatic carbocycles. The Hall–Kier alpha value is -3.24. The fourth-order valence-electron chi connectivity index (χ4n) is 4.79. The highest BCUT2D eigenvalue weighted by Gasteiger charge is 2.34. The first kappa shape index (κ1) is 30.3. The molecule has 3 rings (SSSR count). The van der Waals surface area contributed by atoms with Crippen molar-refractivity contribution in [3.63, 3.8) is 0 Å². The van der Waals surface area contributed by atoms with Crippen LogP contribution in [0.3, 0.4) is 0 Å². The second kappa shape index (κ2) is 13.7. The van der Waals surface area contributed by atoms with Crippen molar-refractivity contribution in [3.8, 4) is 0 Å². The fraction of sp³-hybridized carbons (Fsp3) is 0.586. The second-order valence-corrected chi connectivity index (χ2v) is 11.0. The summed E-state index contributed by atoms with van der Waals surface area (Å²) in [5, 5.41) is 20.5. The van der Waals surface area contributed by atoms with Gasteiger partial charge < -0.3 is 21.1 Å². The average molecular weight is 542 g/mol. The Kier molecular flexibility index (Phi) is 10.7. The van der Waals surface area contributed by atoms with E-state index in [4.69, 9.17) is 0 Å². The third-order valence-corrected chi connectivity index (χ3v) is 7.44. The topological polar surface area (TPSA) is 140 Å². The molecule has 39 heavy (non-hydrogen) atoms. The molecule has 0 saturated carbocycles. The van der Waals surface area contributed by atoms with Gasteiger partial charge in [-0.25, -0.2) is 5.43 Å². The summed E-state index contributed by atoms with van der Waals surface area (Å²) in [7, 11) is 0. The van der Waals surface area contributed by atoms with Gasteiger partial charge in [0.15, 0.2) is 0 Å². The molecule has 2 aliphatic rings. The van der Waals surface area contributed by atoms with Crippen LogP contribution in [-0.2, 0) is 19.2 Å². The standard InChI is InChI=1S/C29H43N5O5/c1-17(2)25-28(38)31-20(5)29(39)34-15-9-13-23(33-34)27(37)30-19(4)22-12-8-11-21(16-22)10-6-7-14-24(35)18(3)26(36)32-25/h6,8,10-12,16-20,23-25,33,35H,7,9,13-15H2,1-5H3,(H,30,37)(H,31,38)(H,32,36)/b10-6+/t18-,19-,20?,23+,24-,25?/m1/s1. The molecule has 214 valence electrons. The summed E-state index contributed by atoms with van der Waals surface area (Å²) in [5.74, 6) is -2.43. The number of carbonyl (C=O) groups is 4. The summed E-state index contributed by atoms with van der Waals surface area (Å²) in [6, 6.07) is 5.26. The molecule has 1 saturated heterocycles. The Bertz CT molecular complexity index is 1070. The first-order chi connectivity index (χ1) is 18.5. The van der Waals surface area contributed by atoms with Crippen LogP contribution in [0.2, 0.25) is 0 Å². The molecule has 10 nitrogen and oxygen atoms in total. The Morgan fingerprint density at radius 2 is 1.64 bits per heavy atom. The largest absolute Gasteiger partial charge is 0.392 e. The number of benzene rings is 1. The third kappa shape index (κ3) is 8.12. The SMILES string of the molecule is CC1NC(=O)C(C(C)C)NC(=O)[C@H](C)[C@H](O)CC/C=C/c2cccc(c2)[C@@H](C)NC(=O)[C@@H]2CCCN(N2)C1=O. The zero-order valence-electron chi connectivity index (χ0n) is 23.6. The molecular weight excluding hydrogens is 498 g/mol. The number of aliphatic hydroxyl groups excluding tert-OH is 1. The van der Waals surface area contributed by atoms with E-state index in [1.165, 1.54) is 5.01 Å². The molecule has 0 radical (unpaired) electrons. The molecule has 5 N–H and O–H groups in total. The number of nitrogens with one attached hydrogen (secondary N) is 4. The summed E-state index contributed by atoms with van der Waals surface area (Å²) in [6.45, 7) is 9.15. The van der Waals surface area contributed by atoms with Crippen molar-refractivity contribution in [2.75, 3.05) is 6.54 Å². The predicted molar refractivity (Wildman–Crippen MR) is 149 cm³/mol. The second-order valence-electron chi connectivity index (χ2n) is 11.0. The number of hydrogen-bond acceptors (Lipinski definition) is 6. The number of amides is 4. The molecule has 10 heteroatoms. The van der Waals surface area contributed by atoms with Crippen molar-refractivity contribution in [1.29, 1.82) is 0 Å². The molecule has 0 aromatic heterocycles. The Labute approximate surface area is 230 Å². The van der Waals surface area contributed by atoms with E-state index in [9.17, 15) is 24.3 Å². The number of carbonyl (C=O) groups excluding carboxylic acids is 4. The van der Waals surface area contributed by atoms with Gasteiger partial charge in [0.25, 0.3) is 5.91 Å². The maximum Gasteiger partial charge on any atom is 0.258 e. The van der Waals surface area contributed by atoms with Gasteiger partial charge in [-0.15, -0.1) is 0 Å². The van der Waals surface area contributed by atoms with E-state index in [-0.39, 0.29) is 23.8 Å². The van der Waals surface area contributed by atoms with E-state index < -0.39 is 42.0 Å². The van der Waals surface area contributed by atoms with Gasteiger partial charge in [-0.1, -0.05) is 51.1 Å². The van der Waals surface area contributed by atoms with Crippen molar-refractivity contribution < 1.29 is 24.3 Å².